The minimum atomic E-state index is -5.08. The largest absolute Gasteiger partial charge is 0.490 e. The van der Waals surface area contributed by atoms with E-state index in [9.17, 15) is 18.0 Å². The predicted octanol–water partition coefficient (Wildman–Crippen LogP) is 4.00. The molecular weight excluding hydrogens is 451 g/mol. The van der Waals surface area contributed by atoms with Gasteiger partial charge in [-0.1, -0.05) is 19.1 Å². The highest BCUT2D eigenvalue weighted by molar-refractivity contribution is 6.04. The minimum absolute atomic E-state index is 0.0347. The highest BCUT2D eigenvalue weighted by atomic mass is 19.4. The van der Waals surface area contributed by atoms with Gasteiger partial charge in [0.15, 0.2) is 0 Å². The normalized spacial score (nSPS) is 21.8. The van der Waals surface area contributed by atoms with Crippen LogP contribution in [0.4, 0.5) is 24.5 Å². The van der Waals surface area contributed by atoms with E-state index in [1.807, 2.05) is 36.4 Å². The van der Waals surface area contributed by atoms with Crippen molar-refractivity contribution in [1.29, 1.82) is 0 Å². The Bertz CT molecular complexity index is 990. The maximum atomic E-state index is 12.5. The van der Waals surface area contributed by atoms with Gasteiger partial charge in [0, 0.05) is 41.5 Å². The SMILES string of the molecule is CC[C@]1(N)C[C@H]1c1ccc(NC(=O)c2ccc(N3CCOCC3)cc2)cc1.O=C(O)C(F)(F)F. The molecule has 2 aromatic rings. The van der Waals surface area contributed by atoms with E-state index in [4.69, 9.17) is 20.4 Å². The summed E-state index contributed by atoms with van der Waals surface area (Å²) in [7, 11) is 0. The minimum Gasteiger partial charge on any atom is -0.475 e. The second-order valence-electron chi connectivity index (χ2n) is 8.37. The number of halogens is 3. The number of benzene rings is 2. The number of morpholine rings is 1. The number of rotatable bonds is 5. The predicted molar refractivity (Wildman–Crippen MR) is 122 cm³/mol. The topological polar surface area (TPSA) is 105 Å². The number of hydrogen-bond acceptors (Lipinski definition) is 5. The summed E-state index contributed by atoms with van der Waals surface area (Å²) in [5.41, 5.74) is 10.1. The summed E-state index contributed by atoms with van der Waals surface area (Å²) in [6.45, 7) is 5.42. The molecule has 2 atom stereocenters. The molecule has 0 bridgehead atoms. The molecule has 0 unspecified atom stereocenters. The van der Waals surface area contributed by atoms with Gasteiger partial charge in [0.25, 0.3) is 5.91 Å². The van der Waals surface area contributed by atoms with Gasteiger partial charge < -0.3 is 25.8 Å². The van der Waals surface area contributed by atoms with Gasteiger partial charge in [-0.05, 0) is 54.8 Å². The Morgan fingerprint density at radius 1 is 1.12 bits per heavy atom. The molecule has 1 aliphatic heterocycles. The fourth-order valence-corrected chi connectivity index (χ4v) is 3.81. The van der Waals surface area contributed by atoms with Crippen molar-refractivity contribution < 1.29 is 32.6 Å². The molecule has 10 heteroatoms. The van der Waals surface area contributed by atoms with Gasteiger partial charge in [-0.15, -0.1) is 0 Å². The third kappa shape index (κ3) is 6.48. The molecule has 2 fully saturated rings. The standard InChI is InChI=1S/C22H27N3O2.C2HF3O2/c1-2-22(23)15-20(22)16-3-7-18(8-4-16)24-21(26)17-5-9-19(10-6-17)25-11-13-27-14-12-25;3-2(4,5)1(6)7/h3-10,20H,2,11-15,23H2,1H3,(H,24,26);(H,6,7)/t20-,22-;/m0./s1. The number of nitrogens with two attached hydrogens (primary N) is 1. The van der Waals surface area contributed by atoms with E-state index >= 15 is 0 Å². The number of carboxylic acid groups (broad SMARTS) is 1. The molecule has 0 aromatic heterocycles. The lowest BCUT2D eigenvalue weighted by Crippen LogP contribution is -2.36. The third-order valence-electron chi connectivity index (χ3n) is 6.10. The van der Waals surface area contributed by atoms with Crippen molar-refractivity contribution >= 4 is 23.3 Å². The van der Waals surface area contributed by atoms with Crippen LogP contribution in [0.3, 0.4) is 0 Å². The number of hydrogen-bond donors (Lipinski definition) is 3. The zero-order valence-electron chi connectivity index (χ0n) is 18.8. The van der Waals surface area contributed by atoms with Crippen LogP contribution in [0.1, 0.15) is 41.6 Å². The van der Waals surface area contributed by atoms with Crippen LogP contribution in [0.15, 0.2) is 48.5 Å². The summed E-state index contributed by atoms with van der Waals surface area (Å²) >= 11 is 0. The molecule has 0 radical (unpaired) electrons. The van der Waals surface area contributed by atoms with Crippen LogP contribution in [0, 0.1) is 0 Å². The van der Waals surface area contributed by atoms with Crippen LogP contribution >= 0.6 is 0 Å². The quantitative estimate of drug-likeness (QED) is 0.599. The number of amides is 1. The monoisotopic (exact) mass is 479 g/mol. The van der Waals surface area contributed by atoms with Crippen molar-refractivity contribution in [3.63, 3.8) is 0 Å². The average molecular weight is 479 g/mol. The molecule has 4 rings (SSSR count). The summed E-state index contributed by atoms with van der Waals surface area (Å²) < 4.78 is 37.1. The first kappa shape index (κ1) is 25.5. The lowest BCUT2D eigenvalue weighted by atomic mass is 10.0. The smallest absolute Gasteiger partial charge is 0.475 e. The second-order valence-corrected chi connectivity index (χ2v) is 8.37. The number of alkyl halides is 3. The van der Waals surface area contributed by atoms with Crippen molar-refractivity contribution in [1.82, 2.24) is 0 Å². The summed E-state index contributed by atoms with van der Waals surface area (Å²) in [5, 5.41) is 10.1. The number of nitrogens with one attached hydrogen (secondary N) is 1. The number of anilines is 2. The Morgan fingerprint density at radius 3 is 2.15 bits per heavy atom. The number of ether oxygens (including phenoxy) is 1. The number of nitrogens with zero attached hydrogens (tertiary/aromatic N) is 1. The van der Waals surface area contributed by atoms with E-state index in [0.717, 1.165) is 50.5 Å². The molecule has 4 N–H and O–H groups in total. The fourth-order valence-electron chi connectivity index (χ4n) is 3.81. The van der Waals surface area contributed by atoms with Gasteiger partial charge in [-0.25, -0.2) is 4.79 Å². The van der Waals surface area contributed by atoms with Crippen molar-refractivity contribution in [3.8, 4) is 0 Å². The summed E-state index contributed by atoms with van der Waals surface area (Å²) in [6, 6.07) is 15.8. The molecule has 2 aliphatic rings. The van der Waals surface area contributed by atoms with Gasteiger partial charge in [0.05, 0.1) is 13.2 Å². The summed E-state index contributed by atoms with van der Waals surface area (Å²) in [4.78, 5) is 23.7. The van der Waals surface area contributed by atoms with E-state index < -0.39 is 12.1 Å². The molecule has 1 aliphatic carbocycles. The van der Waals surface area contributed by atoms with Crippen molar-refractivity contribution in [3.05, 3.63) is 59.7 Å². The van der Waals surface area contributed by atoms with Crippen LogP contribution in [0.2, 0.25) is 0 Å². The highest BCUT2D eigenvalue weighted by Crippen LogP contribution is 2.51. The number of carbonyl (C=O) groups is 2. The third-order valence-corrected chi connectivity index (χ3v) is 6.10. The molecule has 7 nitrogen and oxygen atoms in total. The Labute approximate surface area is 195 Å². The first-order valence-electron chi connectivity index (χ1n) is 11.0. The van der Waals surface area contributed by atoms with Gasteiger partial charge in [-0.3, -0.25) is 4.79 Å². The maximum Gasteiger partial charge on any atom is 0.490 e. The Balaban J connectivity index is 0.000000406. The fraction of sp³-hybridized carbons (Fsp3) is 0.417. The maximum absolute atomic E-state index is 12.5. The first-order valence-corrected chi connectivity index (χ1v) is 11.0. The van der Waals surface area contributed by atoms with Crippen molar-refractivity contribution in [2.75, 3.05) is 36.5 Å². The lowest BCUT2D eigenvalue weighted by Gasteiger charge is -2.28. The molecule has 184 valence electrons. The van der Waals surface area contributed by atoms with Crippen LogP contribution in [0.25, 0.3) is 0 Å². The number of aliphatic carboxylic acids is 1. The lowest BCUT2D eigenvalue weighted by molar-refractivity contribution is -0.192. The Morgan fingerprint density at radius 2 is 1.68 bits per heavy atom. The molecule has 34 heavy (non-hydrogen) atoms. The van der Waals surface area contributed by atoms with Gasteiger partial charge in [0.2, 0.25) is 0 Å². The van der Waals surface area contributed by atoms with E-state index in [2.05, 4.69) is 29.3 Å². The van der Waals surface area contributed by atoms with Crippen LogP contribution < -0.4 is 16.0 Å². The van der Waals surface area contributed by atoms with E-state index in [-0.39, 0.29) is 11.4 Å². The van der Waals surface area contributed by atoms with Gasteiger partial charge in [-0.2, -0.15) is 13.2 Å². The van der Waals surface area contributed by atoms with E-state index in [0.29, 0.717) is 11.5 Å². The summed E-state index contributed by atoms with van der Waals surface area (Å²) in [5.74, 6) is -2.41. The molecular formula is C24H28F3N3O4. The Hall–Kier alpha value is -3.11. The molecule has 1 amide bonds. The molecule has 1 saturated carbocycles. The van der Waals surface area contributed by atoms with Crippen LogP contribution in [0.5, 0.6) is 0 Å². The summed E-state index contributed by atoms with van der Waals surface area (Å²) in [6.07, 6.45) is -3.04. The first-order chi connectivity index (χ1) is 16.0. The van der Waals surface area contributed by atoms with Gasteiger partial charge in [0.1, 0.15) is 0 Å². The van der Waals surface area contributed by atoms with Crippen LogP contribution in [-0.4, -0.2) is 55.0 Å². The zero-order chi connectivity index (χ0) is 24.9. The number of carboxylic acids is 1. The molecule has 0 spiro atoms. The van der Waals surface area contributed by atoms with Crippen molar-refractivity contribution in [2.24, 2.45) is 5.73 Å². The molecule has 1 saturated heterocycles. The second kappa shape index (κ2) is 10.4. The molecule has 1 heterocycles. The number of carbonyl (C=O) groups excluding carboxylic acids is 1. The van der Waals surface area contributed by atoms with E-state index in [1.165, 1.54) is 5.56 Å². The van der Waals surface area contributed by atoms with Crippen molar-refractivity contribution in [2.45, 2.75) is 37.4 Å². The highest BCUT2D eigenvalue weighted by Gasteiger charge is 2.49. The molecule has 2 aromatic carbocycles. The zero-order valence-corrected chi connectivity index (χ0v) is 18.8. The van der Waals surface area contributed by atoms with Crippen LogP contribution in [-0.2, 0) is 9.53 Å². The van der Waals surface area contributed by atoms with E-state index in [1.54, 1.807) is 0 Å². The van der Waals surface area contributed by atoms with Gasteiger partial charge >= 0.3 is 12.1 Å². The average Bonchev–Trinajstić information content (AvgIpc) is 3.52. The Kier molecular flexibility index (Phi) is 7.83.